The van der Waals surface area contributed by atoms with E-state index in [-0.39, 0.29) is 16.2 Å². The van der Waals surface area contributed by atoms with E-state index in [1.165, 1.54) is 0 Å². The third-order valence-electron chi connectivity index (χ3n) is 3.21. The van der Waals surface area contributed by atoms with E-state index in [9.17, 15) is 8.78 Å². The SMILES string of the molecule is CC(Nc1cc(F)c(Br)cc1F)c1cnc2ccsc2c1. The highest BCUT2D eigenvalue weighted by Crippen LogP contribution is 2.28. The van der Waals surface area contributed by atoms with Gasteiger partial charge < -0.3 is 5.32 Å². The molecule has 1 aromatic carbocycles. The Morgan fingerprint density at radius 1 is 1.24 bits per heavy atom. The van der Waals surface area contributed by atoms with Gasteiger partial charge in [0, 0.05) is 12.3 Å². The van der Waals surface area contributed by atoms with Crippen LogP contribution >= 0.6 is 27.3 Å². The molecule has 21 heavy (non-hydrogen) atoms. The second-order valence-corrected chi connectivity index (χ2v) is 6.49. The number of nitrogens with zero attached hydrogens (tertiary/aromatic N) is 1. The molecule has 0 aliphatic rings. The molecule has 0 spiro atoms. The molecule has 6 heteroatoms. The monoisotopic (exact) mass is 368 g/mol. The fraction of sp³-hybridized carbons (Fsp3) is 0.133. The van der Waals surface area contributed by atoms with E-state index in [0.717, 1.165) is 27.9 Å². The Hall–Kier alpha value is -1.53. The van der Waals surface area contributed by atoms with Crippen molar-refractivity contribution in [3.05, 3.63) is 57.5 Å². The van der Waals surface area contributed by atoms with Crippen LogP contribution in [0.2, 0.25) is 0 Å². The predicted octanol–water partition coefficient (Wildman–Crippen LogP) is 5.51. The van der Waals surface area contributed by atoms with E-state index in [1.807, 2.05) is 24.4 Å². The highest BCUT2D eigenvalue weighted by Gasteiger charge is 2.13. The van der Waals surface area contributed by atoms with Crippen molar-refractivity contribution in [1.29, 1.82) is 0 Å². The molecule has 0 amide bonds. The Morgan fingerprint density at radius 3 is 2.86 bits per heavy atom. The minimum absolute atomic E-state index is 0.111. The average Bonchev–Trinajstić information content (AvgIpc) is 2.92. The maximum atomic E-state index is 13.8. The highest BCUT2D eigenvalue weighted by atomic mass is 79.9. The topological polar surface area (TPSA) is 24.9 Å². The van der Waals surface area contributed by atoms with Gasteiger partial charge in [0.25, 0.3) is 0 Å². The van der Waals surface area contributed by atoms with Gasteiger partial charge in [0.15, 0.2) is 0 Å². The van der Waals surface area contributed by atoms with Gasteiger partial charge in [0.1, 0.15) is 11.6 Å². The summed E-state index contributed by atoms with van der Waals surface area (Å²) in [4.78, 5) is 4.35. The Morgan fingerprint density at radius 2 is 2.05 bits per heavy atom. The van der Waals surface area contributed by atoms with Crippen LogP contribution in [0.3, 0.4) is 0 Å². The lowest BCUT2D eigenvalue weighted by Gasteiger charge is -2.16. The van der Waals surface area contributed by atoms with Crippen molar-refractivity contribution in [3.8, 4) is 0 Å². The second-order valence-electron chi connectivity index (χ2n) is 4.68. The molecule has 0 bridgehead atoms. The Labute approximate surface area is 133 Å². The molecular weight excluding hydrogens is 358 g/mol. The van der Waals surface area contributed by atoms with Crippen LogP contribution in [-0.4, -0.2) is 4.98 Å². The van der Waals surface area contributed by atoms with E-state index < -0.39 is 11.6 Å². The molecule has 0 radical (unpaired) electrons. The Balaban J connectivity index is 1.88. The number of nitrogens with one attached hydrogen (secondary N) is 1. The van der Waals surface area contributed by atoms with Gasteiger partial charge in [-0.2, -0.15) is 0 Å². The molecule has 0 fully saturated rings. The van der Waals surface area contributed by atoms with Gasteiger partial charge in [-0.05, 0) is 52.0 Å². The number of anilines is 1. The normalized spacial score (nSPS) is 12.6. The first kappa shape index (κ1) is 14.4. The summed E-state index contributed by atoms with van der Waals surface area (Å²) in [7, 11) is 0. The summed E-state index contributed by atoms with van der Waals surface area (Å²) in [6.45, 7) is 1.88. The molecule has 0 aliphatic heterocycles. The minimum atomic E-state index is -0.502. The summed E-state index contributed by atoms with van der Waals surface area (Å²) < 4.78 is 28.5. The standard InChI is InChI=1S/C15H11BrF2N2S/c1-8(9-4-15-13(19-7-9)2-3-21-15)20-14-6-11(17)10(16)5-12(14)18/h2-8,20H,1H3. The number of aromatic nitrogens is 1. The van der Waals surface area contributed by atoms with Gasteiger partial charge in [-0.25, -0.2) is 8.78 Å². The zero-order valence-corrected chi connectivity index (χ0v) is 13.4. The maximum absolute atomic E-state index is 13.8. The lowest BCUT2D eigenvalue weighted by atomic mass is 10.1. The number of benzene rings is 1. The minimum Gasteiger partial charge on any atom is -0.376 e. The van der Waals surface area contributed by atoms with Gasteiger partial charge in [-0.1, -0.05) is 0 Å². The number of halogens is 3. The highest BCUT2D eigenvalue weighted by molar-refractivity contribution is 9.10. The summed E-state index contributed by atoms with van der Waals surface area (Å²) in [5, 5.41) is 4.96. The molecule has 0 aliphatic carbocycles. The van der Waals surface area contributed by atoms with Crippen LogP contribution in [0.25, 0.3) is 10.2 Å². The van der Waals surface area contributed by atoms with Crippen molar-refractivity contribution in [3.63, 3.8) is 0 Å². The van der Waals surface area contributed by atoms with E-state index in [2.05, 4.69) is 26.2 Å². The number of hydrogen-bond donors (Lipinski definition) is 1. The smallest absolute Gasteiger partial charge is 0.147 e. The van der Waals surface area contributed by atoms with Crippen molar-refractivity contribution in [2.75, 3.05) is 5.32 Å². The van der Waals surface area contributed by atoms with Crippen molar-refractivity contribution >= 4 is 43.2 Å². The summed E-state index contributed by atoms with van der Waals surface area (Å²) in [6, 6.07) is 6.04. The molecule has 1 atom stereocenters. The zero-order valence-electron chi connectivity index (χ0n) is 11.0. The van der Waals surface area contributed by atoms with Gasteiger partial charge in [0.2, 0.25) is 0 Å². The van der Waals surface area contributed by atoms with Crippen LogP contribution in [-0.2, 0) is 0 Å². The number of hydrogen-bond acceptors (Lipinski definition) is 3. The molecule has 1 unspecified atom stereocenters. The fourth-order valence-corrected chi connectivity index (χ4v) is 3.15. The van der Waals surface area contributed by atoms with E-state index in [0.29, 0.717) is 0 Å². The van der Waals surface area contributed by atoms with Crippen LogP contribution in [0, 0.1) is 11.6 Å². The predicted molar refractivity (Wildman–Crippen MR) is 85.7 cm³/mol. The van der Waals surface area contributed by atoms with Crippen molar-refractivity contribution < 1.29 is 8.78 Å². The molecule has 1 N–H and O–H groups in total. The largest absolute Gasteiger partial charge is 0.376 e. The third-order valence-corrected chi connectivity index (χ3v) is 4.67. The van der Waals surface area contributed by atoms with Crippen LogP contribution in [0.1, 0.15) is 18.5 Å². The molecule has 0 saturated heterocycles. The third kappa shape index (κ3) is 2.91. The lowest BCUT2D eigenvalue weighted by molar-refractivity contribution is 0.595. The zero-order chi connectivity index (χ0) is 15.0. The van der Waals surface area contributed by atoms with Crippen LogP contribution < -0.4 is 5.32 Å². The molecule has 2 nitrogen and oxygen atoms in total. The fourth-order valence-electron chi connectivity index (χ4n) is 2.05. The molecule has 0 saturated carbocycles. The van der Waals surface area contributed by atoms with Gasteiger partial charge >= 0.3 is 0 Å². The number of thiophene rings is 1. The molecular formula is C15H11BrF2N2S. The van der Waals surface area contributed by atoms with Gasteiger partial charge in [-0.3, -0.25) is 4.98 Å². The Kier molecular flexibility index (Phi) is 3.91. The van der Waals surface area contributed by atoms with Crippen LogP contribution in [0.5, 0.6) is 0 Å². The van der Waals surface area contributed by atoms with E-state index >= 15 is 0 Å². The first-order chi connectivity index (χ1) is 10.0. The average molecular weight is 369 g/mol. The quantitative estimate of drug-likeness (QED) is 0.616. The van der Waals surface area contributed by atoms with Crippen LogP contribution in [0.4, 0.5) is 14.5 Å². The van der Waals surface area contributed by atoms with Gasteiger partial charge in [0.05, 0.1) is 26.4 Å². The Bertz CT molecular complexity index is 803. The lowest BCUT2D eigenvalue weighted by Crippen LogP contribution is -2.08. The van der Waals surface area contributed by atoms with Crippen molar-refractivity contribution in [2.24, 2.45) is 0 Å². The number of rotatable bonds is 3. The second kappa shape index (κ2) is 5.69. The molecule has 2 heterocycles. The maximum Gasteiger partial charge on any atom is 0.147 e. The molecule has 2 aromatic heterocycles. The van der Waals surface area contributed by atoms with Gasteiger partial charge in [-0.15, -0.1) is 11.3 Å². The van der Waals surface area contributed by atoms with E-state index in [1.54, 1.807) is 17.5 Å². The number of fused-ring (bicyclic) bond motifs is 1. The summed E-state index contributed by atoms with van der Waals surface area (Å²) in [6.07, 6.45) is 1.75. The first-order valence-corrected chi connectivity index (χ1v) is 7.96. The van der Waals surface area contributed by atoms with Crippen molar-refractivity contribution in [1.82, 2.24) is 4.98 Å². The van der Waals surface area contributed by atoms with Crippen LogP contribution in [0.15, 0.2) is 40.3 Å². The summed E-state index contributed by atoms with van der Waals surface area (Å²) in [5.74, 6) is -1.00. The molecule has 3 aromatic rings. The molecule has 3 rings (SSSR count). The summed E-state index contributed by atoms with van der Waals surface area (Å²) >= 11 is 4.56. The summed E-state index contributed by atoms with van der Waals surface area (Å²) in [5.41, 5.74) is 2.00. The van der Waals surface area contributed by atoms with Crippen molar-refractivity contribution in [2.45, 2.75) is 13.0 Å². The van der Waals surface area contributed by atoms with E-state index in [4.69, 9.17) is 0 Å². The first-order valence-electron chi connectivity index (χ1n) is 6.29. The number of pyridine rings is 1. The molecule has 108 valence electrons.